The van der Waals surface area contributed by atoms with Gasteiger partial charge in [-0.1, -0.05) is 203 Å². The van der Waals surface area contributed by atoms with Gasteiger partial charge < -0.3 is 19.8 Å². The van der Waals surface area contributed by atoms with Crippen LogP contribution in [0.5, 0.6) is 0 Å². The molecule has 0 aliphatic rings. The number of unbranched alkanes of at least 4 members (excludes halogenated alkanes) is 30. The average Bonchev–Trinajstić information content (AvgIpc) is 3.29. The molecule has 2 atom stereocenters. The number of carbonyl (C=O) groups excluding carboxylic acids is 1. The van der Waals surface area contributed by atoms with E-state index in [1.807, 2.05) is 21.6 Å². The van der Waals surface area contributed by atoms with Gasteiger partial charge in [0.25, 0.3) is 0 Å². The minimum Gasteiger partial charge on any atom is -0.379 e. The normalized spacial score (nSPS) is 13.5. The van der Waals surface area contributed by atoms with Crippen molar-refractivity contribution in [2.45, 2.75) is 305 Å². The number of quaternary nitrogens is 1. The summed E-state index contributed by atoms with van der Waals surface area (Å²) in [6.07, 6.45) is 46.5. The Morgan fingerprint density at radius 3 is 1.36 bits per heavy atom. The highest BCUT2D eigenvalue weighted by atomic mass is 33.1. The molecule has 396 valence electrons. The average molecular weight is 971 g/mol. The molecule has 66 heavy (non-hydrogen) atoms. The second-order valence-electron chi connectivity index (χ2n) is 21.7. The van der Waals surface area contributed by atoms with Crippen molar-refractivity contribution in [2.24, 2.45) is 5.92 Å². The minimum absolute atomic E-state index is 0.258. The lowest BCUT2D eigenvalue weighted by Crippen LogP contribution is -2.55. The van der Waals surface area contributed by atoms with Crippen LogP contribution in [0.2, 0.25) is 0 Å². The summed E-state index contributed by atoms with van der Waals surface area (Å²) in [6, 6.07) is 1.43. The number of amides is 1. The van der Waals surface area contributed by atoms with E-state index in [0.29, 0.717) is 12.5 Å². The van der Waals surface area contributed by atoms with Gasteiger partial charge in [0.15, 0.2) is 0 Å². The standard InChI is InChI=1S/C58H120N4O2S2/c1-9-61(55(5)6)49-41-33-27-23-19-15-11-13-17-21-25-29-37-45-57(63)59-47-39-31-35-43-51-65-66-52-44-36-32-40-48-60-58(64)46-38-30-26-22-18-14-12-16-20-24-28-34-42-50-62(10-2,56(7)8)53-54(3)4/h54-56,58,60,64H,9-53H2,1-8H3/p+1. The summed E-state index contributed by atoms with van der Waals surface area (Å²) in [5.74, 6) is 3.54. The Bertz CT molecular complexity index is 987. The lowest BCUT2D eigenvalue weighted by Gasteiger charge is -2.43. The quantitative estimate of drug-likeness (QED) is 0.0244. The minimum atomic E-state index is -0.323. The molecule has 0 heterocycles. The molecule has 0 aliphatic heterocycles. The van der Waals surface area contributed by atoms with Gasteiger partial charge >= 0.3 is 0 Å². The first kappa shape index (κ1) is 66.0. The van der Waals surface area contributed by atoms with E-state index in [1.165, 1.54) is 248 Å². The number of carbonyl (C=O) groups is 1. The molecule has 0 saturated carbocycles. The molecule has 8 heteroatoms. The zero-order valence-electron chi connectivity index (χ0n) is 46.2. The molecule has 0 aromatic heterocycles. The highest BCUT2D eigenvalue weighted by Crippen LogP contribution is 2.25. The van der Waals surface area contributed by atoms with Crippen LogP contribution in [-0.2, 0) is 4.79 Å². The van der Waals surface area contributed by atoms with Crippen LogP contribution >= 0.6 is 21.6 Å². The molecule has 1 amide bonds. The van der Waals surface area contributed by atoms with Gasteiger partial charge in [-0.2, -0.15) is 0 Å². The number of aliphatic hydroxyl groups is 1. The Labute approximate surface area is 423 Å². The molecular formula is C58H121N4O2S2+. The largest absolute Gasteiger partial charge is 0.379 e. The Hall–Kier alpha value is 0.01000. The number of nitrogens with zero attached hydrogens (tertiary/aromatic N) is 2. The highest BCUT2D eigenvalue weighted by molar-refractivity contribution is 8.76. The van der Waals surface area contributed by atoms with Gasteiger partial charge in [-0.15, -0.1) is 0 Å². The van der Waals surface area contributed by atoms with E-state index in [9.17, 15) is 9.90 Å². The van der Waals surface area contributed by atoms with Gasteiger partial charge in [-0.3, -0.25) is 10.1 Å². The third-order valence-corrected chi connectivity index (χ3v) is 17.2. The van der Waals surface area contributed by atoms with Crippen LogP contribution in [-0.4, -0.2) is 96.0 Å². The highest BCUT2D eigenvalue weighted by Gasteiger charge is 2.29. The molecule has 0 radical (unpaired) electrons. The van der Waals surface area contributed by atoms with Crippen LogP contribution in [0.3, 0.4) is 0 Å². The molecular weight excluding hydrogens is 849 g/mol. The Morgan fingerprint density at radius 1 is 0.515 bits per heavy atom. The summed E-state index contributed by atoms with van der Waals surface area (Å²) in [5.41, 5.74) is 0. The summed E-state index contributed by atoms with van der Waals surface area (Å²) < 4.78 is 1.31. The summed E-state index contributed by atoms with van der Waals surface area (Å²) in [6.45, 7) is 27.2. The van der Waals surface area contributed by atoms with Crippen molar-refractivity contribution < 1.29 is 14.4 Å². The zero-order chi connectivity index (χ0) is 48.6. The van der Waals surface area contributed by atoms with Crippen LogP contribution in [0, 0.1) is 5.92 Å². The fourth-order valence-electron chi connectivity index (χ4n) is 10.1. The second-order valence-corrected chi connectivity index (χ2v) is 24.4. The number of rotatable bonds is 54. The van der Waals surface area contributed by atoms with Gasteiger partial charge in [0.05, 0.1) is 25.7 Å². The molecule has 0 bridgehead atoms. The third kappa shape index (κ3) is 44.0. The lowest BCUT2D eigenvalue weighted by atomic mass is 10.0. The Balaban J connectivity index is 3.33. The van der Waals surface area contributed by atoms with Crippen molar-refractivity contribution in [3.05, 3.63) is 0 Å². The van der Waals surface area contributed by atoms with Crippen LogP contribution < -0.4 is 10.6 Å². The predicted molar refractivity (Wildman–Crippen MR) is 301 cm³/mol. The van der Waals surface area contributed by atoms with E-state index in [1.54, 1.807) is 0 Å². The van der Waals surface area contributed by atoms with Gasteiger partial charge in [0, 0.05) is 36.4 Å². The molecule has 0 spiro atoms. The monoisotopic (exact) mass is 970 g/mol. The lowest BCUT2D eigenvalue weighted by molar-refractivity contribution is -0.949. The van der Waals surface area contributed by atoms with Crippen molar-refractivity contribution in [1.29, 1.82) is 0 Å². The first-order chi connectivity index (χ1) is 32.1. The van der Waals surface area contributed by atoms with Crippen LogP contribution in [0.25, 0.3) is 0 Å². The van der Waals surface area contributed by atoms with Crippen LogP contribution in [0.15, 0.2) is 0 Å². The number of hydrogen-bond acceptors (Lipinski definition) is 6. The topological polar surface area (TPSA) is 64.6 Å². The molecule has 0 rings (SSSR count). The fourth-order valence-corrected chi connectivity index (χ4v) is 12.4. The van der Waals surface area contributed by atoms with Crippen molar-refractivity contribution in [3.8, 4) is 0 Å². The SMILES string of the molecule is CCN(CCCCCCCCCCCCCCCC(=O)NCCCCCCSSCCCCCCNC(O)CCCCCCCCCCCCCCC[N+](CC)(CC(C)C)C(C)C)C(C)C. The Kier molecular flexibility index (Phi) is 50.0. The molecule has 0 aromatic carbocycles. The van der Waals surface area contributed by atoms with Crippen molar-refractivity contribution in [2.75, 3.05) is 57.3 Å². The molecule has 0 aromatic rings. The maximum atomic E-state index is 12.2. The number of aliphatic hydroxyl groups excluding tert-OH is 1. The smallest absolute Gasteiger partial charge is 0.219 e. The van der Waals surface area contributed by atoms with Crippen LogP contribution in [0.1, 0.15) is 287 Å². The maximum absolute atomic E-state index is 12.2. The molecule has 0 fully saturated rings. The first-order valence-electron chi connectivity index (χ1n) is 29.6. The summed E-state index contributed by atoms with van der Waals surface area (Å²) in [7, 11) is 4.08. The molecule has 0 saturated heterocycles. The van der Waals surface area contributed by atoms with E-state index in [-0.39, 0.29) is 12.1 Å². The van der Waals surface area contributed by atoms with Crippen molar-refractivity contribution in [1.82, 2.24) is 15.5 Å². The molecule has 6 nitrogen and oxygen atoms in total. The molecule has 3 N–H and O–H groups in total. The van der Waals surface area contributed by atoms with Crippen molar-refractivity contribution >= 4 is 27.5 Å². The van der Waals surface area contributed by atoms with E-state index in [0.717, 1.165) is 50.7 Å². The van der Waals surface area contributed by atoms with Gasteiger partial charge in [0.1, 0.15) is 6.23 Å². The van der Waals surface area contributed by atoms with Gasteiger partial charge in [-0.05, 0) is 118 Å². The maximum Gasteiger partial charge on any atom is 0.219 e. The predicted octanol–water partition coefficient (Wildman–Crippen LogP) is 17.1. The number of hydrogen-bond donors (Lipinski definition) is 3. The second kappa shape index (κ2) is 50.0. The van der Waals surface area contributed by atoms with E-state index < -0.39 is 0 Å². The fraction of sp³-hybridized carbons (Fsp3) is 0.983. The molecule has 0 aliphatic carbocycles. The Morgan fingerprint density at radius 2 is 0.924 bits per heavy atom. The zero-order valence-corrected chi connectivity index (χ0v) is 47.8. The summed E-state index contributed by atoms with van der Waals surface area (Å²) in [4.78, 5) is 14.8. The van der Waals surface area contributed by atoms with E-state index >= 15 is 0 Å². The van der Waals surface area contributed by atoms with E-state index in [4.69, 9.17) is 0 Å². The van der Waals surface area contributed by atoms with Crippen molar-refractivity contribution in [3.63, 3.8) is 0 Å². The first-order valence-corrected chi connectivity index (χ1v) is 32.1. The van der Waals surface area contributed by atoms with Gasteiger partial charge in [0.2, 0.25) is 5.91 Å². The molecule has 2 unspecified atom stereocenters. The summed E-state index contributed by atoms with van der Waals surface area (Å²) in [5, 5.41) is 16.8. The summed E-state index contributed by atoms with van der Waals surface area (Å²) >= 11 is 0. The van der Waals surface area contributed by atoms with Gasteiger partial charge in [-0.25, -0.2) is 0 Å². The van der Waals surface area contributed by atoms with E-state index in [2.05, 4.69) is 70.9 Å². The van der Waals surface area contributed by atoms with Crippen LogP contribution in [0.4, 0.5) is 0 Å². The third-order valence-electron chi connectivity index (χ3n) is 14.6. The number of nitrogens with one attached hydrogen (secondary N) is 2.